The average molecular weight is 409 g/mol. The molecule has 2 atom stereocenters. The molecule has 0 aliphatic carbocycles. The molecule has 1 saturated heterocycles. The number of rotatable bonds is 6. The van der Waals surface area contributed by atoms with Crippen LogP contribution in [0.1, 0.15) is 56.6 Å². The maximum absolute atomic E-state index is 13.3. The van der Waals surface area contributed by atoms with Crippen LogP contribution in [0.5, 0.6) is 0 Å². The molecular weight excluding hydrogens is 380 g/mol. The summed E-state index contributed by atoms with van der Waals surface area (Å²) in [6.45, 7) is 8.73. The molecule has 1 fully saturated rings. The van der Waals surface area contributed by atoms with Gasteiger partial charge in [0.15, 0.2) is 11.5 Å². The fourth-order valence-electron chi connectivity index (χ4n) is 3.83. The summed E-state index contributed by atoms with van der Waals surface area (Å²) >= 11 is 0. The number of nitrogens with one attached hydrogen (secondary N) is 1. The van der Waals surface area contributed by atoms with Gasteiger partial charge in [0.05, 0.1) is 11.6 Å². The van der Waals surface area contributed by atoms with Gasteiger partial charge in [-0.15, -0.1) is 0 Å². The van der Waals surface area contributed by atoms with Crippen LogP contribution in [0.2, 0.25) is 0 Å². The summed E-state index contributed by atoms with van der Waals surface area (Å²) in [5.41, 5.74) is 1.45. The van der Waals surface area contributed by atoms with E-state index in [1.807, 2.05) is 13.8 Å². The maximum atomic E-state index is 13.3. The molecule has 7 heteroatoms. The second-order valence-corrected chi connectivity index (χ2v) is 8.70. The summed E-state index contributed by atoms with van der Waals surface area (Å²) in [6.07, 6.45) is 1.39. The highest BCUT2D eigenvalue weighted by Crippen LogP contribution is 2.25. The Labute approximate surface area is 177 Å². The van der Waals surface area contributed by atoms with Gasteiger partial charge in [0, 0.05) is 24.2 Å². The molecule has 1 aromatic carbocycles. The van der Waals surface area contributed by atoms with Gasteiger partial charge in [-0.1, -0.05) is 32.9 Å². The Balaban J connectivity index is 1.84. The highest BCUT2D eigenvalue weighted by molar-refractivity contribution is 5.97. The van der Waals surface area contributed by atoms with E-state index in [4.69, 9.17) is 9.78 Å². The van der Waals surface area contributed by atoms with E-state index in [0.717, 1.165) is 12.0 Å². The smallest absolute Gasteiger partial charge is 0.276 e. The van der Waals surface area contributed by atoms with Gasteiger partial charge < -0.3 is 14.7 Å². The highest BCUT2D eigenvalue weighted by atomic mass is 16.5. The van der Waals surface area contributed by atoms with Crippen molar-refractivity contribution in [3.05, 3.63) is 41.6 Å². The molecule has 0 saturated carbocycles. The number of amides is 2. The molecule has 1 aliphatic rings. The number of carbonyl (C=O) groups excluding carboxylic acids is 2. The molecule has 1 N–H and O–H groups in total. The number of carbonyl (C=O) groups is 2. The maximum Gasteiger partial charge on any atom is 0.276 e. The lowest BCUT2D eigenvalue weighted by atomic mass is 9.94. The Morgan fingerprint density at radius 1 is 1.23 bits per heavy atom. The quantitative estimate of drug-likeness (QED) is 0.787. The normalized spacial score (nSPS) is 19.1. The van der Waals surface area contributed by atoms with Gasteiger partial charge in [-0.2, -0.15) is 5.26 Å². The molecule has 7 nitrogen and oxygen atoms in total. The first-order valence-corrected chi connectivity index (χ1v) is 10.4. The molecule has 1 aliphatic heterocycles. The summed E-state index contributed by atoms with van der Waals surface area (Å²) in [5, 5.41) is 16.0. The zero-order valence-electron chi connectivity index (χ0n) is 17.9. The second-order valence-electron chi connectivity index (χ2n) is 8.70. The van der Waals surface area contributed by atoms with Gasteiger partial charge >= 0.3 is 0 Å². The van der Waals surface area contributed by atoms with Gasteiger partial charge in [0.2, 0.25) is 5.91 Å². The van der Waals surface area contributed by atoms with Gasteiger partial charge in [0.25, 0.3) is 5.91 Å². The Morgan fingerprint density at radius 3 is 2.50 bits per heavy atom. The molecule has 30 heavy (non-hydrogen) atoms. The molecular formula is C23H28N4O3. The minimum absolute atomic E-state index is 0.0743. The first kappa shape index (κ1) is 21.6. The van der Waals surface area contributed by atoms with E-state index >= 15 is 0 Å². The van der Waals surface area contributed by atoms with Crippen LogP contribution in [0.15, 0.2) is 34.9 Å². The largest absolute Gasteiger partial charge is 0.355 e. The van der Waals surface area contributed by atoms with Crippen molar-refractivity contribution in [1.82, 2.24) is 15.4 Å². The summed E-state index contributed by atoms with van der Waals surface area (Å²) in [5.74, 6) is 0.717. The molecule has 0 unspecified atom stereocenters. The molecule has 1 aromatic heterocycles. The van der Waals surface area contributed by atoms with Crippen LogP contribution in [0.3, 0.4) is 0 Å². The first-order valence-electron chi connectivity index (χ1n) is 10.4. The number of aromatic nitrogens is 1. The van der Waals surface area contributed by atoms with E-state index in [1.165, 1.54) is 0 Å². The van der Waals surface area contributed by atoms with Crippen LogP contribution < -0.4 is 5.32 Å². The van der Waals surface area contributed by atoms with Crippen molar-refractivity contribution in [3.8, 4) is 17.4 Å². The van der Waals surface area contributed by atoms with Crippen LogP contribution in [0.4, 0.5) is 0 Å². The van der Waals surface area contributed by atoms with Crippen molar-refractivity contribution in [2.45, 2.75) is 52.6 Å². The Kier molecular flexibility index (Phi) is 6.56. The monoisotopic (exact) mass is 408 g/mol. The highest BCUT2D eigenvalue weighted by Gasteiger charge is 2.38. The molecule has 158 valence electrons. The lowest BCUT2D eigenvalue weighted by molar-refractivity contribution is -0.130. The van der Waals surface area contributed by atoms with Crippen LogP contribution in [-0.4, -0.2) is 40.5 Å². The minimum atomic E-state index is -0.518. The molecule has 2 heterocycles. The fraction of sp³-hybridized carbons (Fsp3) is 0.478. The van der Waals surface area contributed by atoms with Crippen LogP contribution in [0.25, 0.3) is 11.3 Å². The van der Waals surface area contributed by atoms with E-state index < -0.39 is 6.04 Å². The van der Waals surface area contributed by atoms with Crippen molar-refractivity contribution in [2.75, 3.05) is 6.54 Å². The zero-order chi connectivity index (χ0) is 21.8. The summed E-state index contributed by atoms with van der Waals surface area (Å²) < 4.78 is 5.39. The SMILES string of the molecule is CC(C)C[C@H]1CN(C(=O)c2cc(-c3ccc(C#N)cc3)on2)[C@@H](CC(C)C)C(=O)N1. The van der Waals surface area contributed by atoms with Gasteiger partial charge in [0.1, 0.15) is 6.04 Å². The number of nitrogens with zero attached hydrogens (tertiary/aromatic N) is 3. The third kappa shape index (κ3) is 4.88. The number of benzene rings is 1. The fourth-order valence-corrected chi connectivity index (χ4v) is 3.83. The van der Waals surface area contributed by atoms with Gasteiger partial charge in [-0.05, 0) is 48.9 Å². The number of hydrogen-bond acceptors (Lipinski definition) is 5. The molecule has 2 amide bonds. The lowest BCUT2D eigenvalue weighted by Crippen LogP contribution is -2.62. The summed E-state index contributed by atoms with van der Waals surface area (Å²) in [7, 11) is 0. The van der Waals surface area contributed by atoms with E-state index in [-0.39, 0.29) is 29.5 Å². The van der Waals surface area contributed by atoms with Crippen molar-refractivity contribution < 1.29 is 14.1 Å². The standard InChI is InChI=1S/C23H28N4O3/c1-14(2)9-18-13-27(20(10-15(3)4)22(28)25-18)23(29)19-11-21(30-26-19)17-7-5-16(12-24)6-8-17/h5-8,11,14-15,18,20H,9-10,13H2,1-4H3,(H,25,28)/t18-,20-/m0/s1. The molecule has 2 aromatic rings. The van der Waals surface area contributed by atoms with Crippen molar-refractivity contribution in [2.24, 2.45) is 11.8 Å². The number of piperazine rings is 1. The minimum Gasteiger partial charge on any atom is -0.355 e. The van der Waals surface area contributed by atoms with E-state index in [1.54, 1.807) is 35.2 Å². The average Bonchev–Trinajstić information content (AvgIpc) is 3.19. The van der Waals surface area contributed by atoms with E-state index in [9.17, 15) is 9.59 Å². The van der Waals surface area contributed by atoms with Crippen molar-refractivity contribution in [3.63, 3.8) is 0 Å². The summed E-state index contributed by atoms with van der Waals surface area (Å²) in [6, 6.07) is 9.95. The topological polar surface area (TPSA) is 99.2 Å². The first-order chi connectivity index (χ1) is 14.3. The van der Waals surface area contributed by atoms with E-state index in [0.29, 0.717) is 30.2 Å². The Hall–Kier alpha value is -3.14. The zero-order valence-corrected chi connectivity index (χ0v) is 17.9. The molecule has 3 rings (SSSR count). The third-order valence-corrected chi connectivity index (χ3v) is 5.18. The van der Waals surface area contributed by atoms with Crippen molar-refractivity contribution >= 4 is 11.8 Å². The molecule has 0 bridgehead atoms. The summed E-state index contributed by atoms with van der Waals surface area (Å²) in [4.78, 5) is 27.7. The van der Waals surface area contributed by atoms with Crippen LogP contribution in [0, 0.1) is 23.2 Å². The van der Waals surface area contributed by atoms with Crippen LogP contribution in [-0.2, 0) is 4.79 Å². The van der Waals surface area contributed by atoms with Gasteiger partial charge in [-0.25, -0.2) is 0 Å². The number of nitriles is 1. The molecule has 0 radical (unpaired) electrons. The van der Waals surface area contributed by atoms with Crippen LogP contribution >= 0.6 is 0 Å². The Bertz CT molecular complexity index is 940. The molecule has 0 spiro atoms. The predicted molar refractivity (Wildman–Crippen MR) is 112 cm³/mol. The van der Waals surface area contributed by atoms with Gasteiger partial charge in [-0.3, -0.25) is 9.59 Å². The van der Waals surface area contributed by atoms with E-state index in [2.05, 4.69) is 30.4 Å². The third-order valence-electron chi connectivity index (χ3n) is 5.18. The number of hydrogen-bond donors (Lipinski definition) is 1. The lowest BCUT2D eigenvalue weighted by Gasteiger charge is -2.40. The van der Waals surface area contributed by atoms with Crippen molar-refractivity contribution in [1.29, 1.82) is 5.26 Å². The second kappa shape index (κ2) is 9.12. The Morgan fingerprint density at radius 2 is 1.90 bits per heavy atom. The predicted octanol–water partition coefficient (Wildman–Crippen LogP) is 3.61.